The zero-order chi connectivity index (χ0) is 19.9. The largest absolute Gasteiger partial charge is 0.339 e. The topological polar surface area (TPSA) is 114 Å². The number of likely N-dealkylation sites (tertiary alicyclic amines) is 1. The van der Waals surface area contributed by atoms with Gasteiger partial charge in [-0.05, 0) is 12.8 Å². The summed E-state index contributed by atoms with van der Waals surface area (Å²) in [6, 6.07) is -0.253. The summed E-state index contributed by atoms with van der Waals surface area (Å²) >= 11 is 0. The van der Waals surface area contributed by atoms with E-state index < -0.39 is 10.0 Å². The standard InChI is InChI=1S/C17H24N6O4S/c1-21-9-7-18-15(21)17(24)22-10-13(11-22)23(28(2,25)26)8-6-14-19-16(27-20-14)12-4-3-5-12/h7,9,12-13H,3-6,8,10-11H2,1-2H3. The molecule has 1 aliphatic heterocycles. The number of aromatic nitrogens is 4. The van der Waals surface area contributed by atoms with Gasteiger partial charge in [-0.2, -0.15) is 9.29 Å². The molecule has 0 bridgehead atoms. The van der Waals surface area contributed by atoms with Crippen molar-refractivity contribution in [2.24, 2.45) is 7.05 Å². The van der Waals surface area contributed by atoms with Crippen LogP contribution >= 0.6 is 0 Å². The van der Waals surface area contributed by atoms with Crippen LogP contribution in [0.15, 0.2) is 16.9 Å². The van der Waals surface area contributed by atoms with Crippen molar-refractivity contribution in [1.29, 1.82) is 0 Å². The van der Waals surface area contributed by atoms with Gasteiger partial charge in [0.05, 0.1) is 12.3 Å². The molecule has 1 saturated heterocycles. The minimum absolute atomic E-state index is 0.194. The smallest absolute Gasteiger partial charge is 0.289 e. The Labute approximate surface area is 163 Å². The van der Waals surface area contributed by atoms with Gasteiger partial charge in [-0.1, -0.05) is 11.6 Å². The maximum absolute atomic E-state index is 12.4. The summed E-state index contributed by atoms with van der Waals surface area (Å²) in [6.45, 7) is 0.953. The Morgan fingerprint density at radius 3 is 2.68 bits per heavy atom. The van der Waals surface area contributed by atoms with Gasteiger partial charge in [0.25, 0.3) is 5.91 Å². The average Bonchev–Trinajstić information content (AvgIpc) is 3.15. The summed E-state index contributed by atoms with van der Waals surface area (Å²) < 4.78 is 32.9. The predicted octanol–water partition coefficient (Wildman–Crippen LogP) is 0.399. The quantitative estimate of drug-likeness (QED) is 0.651. The van der Waals surface area contributed by atoms with Gasteiger partial charge in [-0.25, -0.2) is 13.4 Å². The molecule has 152 valence electrons. The van der Waals surface area contributed by atoms with Crippen LogP contribution in [0, 0.1) is 0 Å². The second-order valence-electron chi connectivity index (χ2n) is 7.53. The summed E-state index contributed by atoms with van der Waals surface area (Å²) in [4.78, 5) is 22.5. The minimum atomic E-state index is -3.42. The molecule has 11 heteroatoms. The normalized spacial score (nSPS) is 18.3. The molecule has 0 unspecified atom stereocenters. The first-order chi connectivity index (χ1) is 13.3. The van der Waals surface area contributed by atoms with E-state index in [-0.39, 0.29) is 18.5 Å². The fourth-order valence-electron chi connectivity index (χ4n) is 3.54. The molecule has 2 fully saturated rings. The highest BCUT2D eigenvalue weighted by Crippen LogP contribution is 2.35. The lowest BCUT2D eigenvalue weighted by Crippen LogP contribution is -2.62. The second kappa shape index (κ2) is 7.28. The molecule has 3 heterocycles. The first-order valence-electron chi connectivity index (χ1n) is 9.39. The molecule has 2 aromatic rings. The van der Waals surface area contributed by atoms with Gasteiger partial charge in [-0.3, -0.25) is 4.79 Å². The van der Waals surface area contributed by atoms with Crippen LogP contribution in [0.5, 0.6) is 0 Å². The van der Waals surface area contributed by atoms with Crippen LogP contribution in [0.3, 0.4) is 0 Å². The molecule has 1 amide bonds. The van der Waals surface area contributed by atoms with E-state index in [2.05, 4.69) is 15.1 Å². The first-order valence-corrected chi connectivity index (χ1v) is 11.2. The number of hydrogen-bond donors (Lipinski definition) is 0. The van der Waals surface area contributed by atoms with E-state index in [0.29, 0.717) is 43.0 Å². The molecule has 4 rings (SSSR count). The van der Waals surface area contributed by atoms with Crippen LogP contribution < -0.4 is 0 Å². The highest BCUT2D eigenvalue weighted by Gasteiger charge is 2.40. The summed E-state index contributed by atoms with van der Waals surface area (Å²) in [6.07, 6.45) is 8.16. The van der Waals surface area contributed by atoms with Gasteiger partial charge in [0, 0.05) is 51.4 Å². The second-order valence-corrected chi connectivity index (χ2v) is 9.46. The highest BCUT2D eigenvalue weighted by molar-refractivity contribution is 7.88. The van der Waals surface area contributed by atoms with E-state index in [1.165, 1.54) is 17.0 Å². The van der Waals surface area contributed by atoms with Gasteiger partial charge < -0.3 is 14.0 Å². The third kappa shape index (κ3) is 3.68. The zero-order valence-corrected chi connectivity index (χ0v) is 16.8. The summed E-state index contributed by atoms with van der Waals surface area (Å²) in [5, 5.41) is 3.98. The third-order valence-electron chi connectivity index (χ3n) is 5.49. The molecule has 1 aliphatic carbocycles. The number of nitrogens with zero attached hydrogens (tertiary/aromatic N) is 6. The van der Waals surface area contributed by atoms with Gasteiger partial charge in [0.1, 0.15) is 0 Å². The van der Waals surface area contributed by atoms with Crippen molar-refractivity contribution in [3.8, 4) is 0 Å². The number of hydrogen-bond acceptors (Lipinski definition) is 7. The van der Waals surface area contributed by atoms with Crippen molar-refractivity contribution >= 4 is 15.9 Å². The van der Waals surface area contributed by atoms with Crippen molar-refractivity contribution in [2.75, 3.05) is 25.9 Å². The van der Waals surface area contributed by atoms with E-state index in [0.717, 1.165) is 12.8 Å². The molecule has 0 N–H and O–H groups in total. The van der Waals surface area contributed by atoms with Crippen molar-refractivity contribution in [1.82, 2.24) is 28.9 Å². The van der Waals surface area contributed by atoms with Gasteiger partial charge in [-0.15, -0.1) is 0 Å². The van der Waals surface area contributed by atoms with Crippen molar-refractivity contribution < 1.29 is 17.7 Å². The van der Waals surface area contributed by atoms with Crippen LogP contribution in [0.4, 0.5) is 0 Å². The summed E-state index contributed by atoms with van der Waals surface area (Å²) in [5.41, 5.74) is 0. The van der Waals surface area contributed by atoms with Crippen LogP contribution in [-0.2, 0) is 23.5 Å². The maximum atomic E-state index is 12.4. The Morgan fingerprint density at radius 2 is 2.11 bits per heavy atom. The van der Waals surface area contributed by atoms with E-state index in [9.17, 15) is 13.2 Å². The Morgan fingerprint density at radius 1 is 1.36 bits per heavy atom. The number of aryl methyl sites for hydroxylation is 1. The van der Waals surface area contributed by atoms with Crippen molar-refractivity contribution in [3.05, 3.63) is 29.9 Å². The number of carbonyl (C=O) groups is 1. The van der Waals surface area contributed by atoms with E-state index in [1.54, 1.807) is 28.9 Å². The molecular weight excluding hydrogens is 384 g/mol. The minimum Gasteiger partial charge on any atom is -0.339 e. The summed E-state index contributed by atoms with van der Waals surface area (Å²) in [5.74, 6) is 1.68. The molecule has 0 spiro atoms. The monoisotopic (exact) mass is 408 g/mol. The Bertz CT molecular complexity index is 958. The molecule has 2 aromatic heterocycles. The van der Waals surface area contributed by atoms with E-state index in [1.807, 2.05) is 0 Å². The van der Waals surface area contributed by atoms with E-state index in [4.69, 9.17) is 4.52 Å². The van der Waals surface area contributed by atoms with Gasteiger partial charge in [0.2, 0.25) is 15.9 Å². The lowest BCUT2D eigenvalue weighted by atomic mass is 9.85. The number of rotatable bonds is 7. The SMILES string of the molecule is Cn1ccnc1C(=O)N1CC(N(CCc2noc(C3CCC3)n2)S(C)(=O)=O)C1. The van der Waals surface area contributed by atoms with Crippen LogP contribution in [0.25, 0.3) is 0 Å². The van der Waals surface area contributed by atoms with Crippen molar-refractivity contribution in [2.45, 2.75) is 37.6 Å². The number of amides is 1. The zero-order valence-electron chi connectivity index (χ0n) is 16.0. The fourth-order valence-corrected chi connectivity index (χ4v) is 4.63. The van der Waals surface area contributed by atoms with Crippen LogP contribution in [-0.4, -0.2) is 75.2 Å². The van der Waals surface area contributed by atoms with E-state index >= 15 is 0 Å². The maximum Gasteiger partial charge on any atom is 0.289 e. The Balaban J connectivity index is 1.36. The molecule has 28 heavy (non-hydrogen) atoms. The lowest BCUT2D eigenvalue weighted by molar-refractivity contribution is 0.0438. The van der Waals surface area contributed by atoms with Gasteiger partial charge >= 0.3 is 0 Å². The molecule has 10 nitrogen and oxygen atoms in total. The predicted molar refractivity (Wildman–Crippen MR) is 99.0 cm³/mol. The Kier molecular flexibility index (Phi) is 4.96. The lowest BCUT2D eigenvalue weighted by Gasteiger charge is -2.43. The number of sulfonamides is 1. The average molecular weight is 408 g/mol. The third-order valence-corrected chi connectivity index (χ3v) is 6.82. The molecular formula is C17H24N6O4S. The Hall–Kier alpha value is -2.27. The fraction of sp³-hybridized carbons (Fsp3) is 0.647. The molecule has 2 aliphatic rings. The van der Waals surface area contributed by atoms with Gasteiger partial charge in [0.15, 0.2) is 11.6 Å². The number of imidazole rings is 1. The molecule has 0 atom stereocenters. The molecule has 1 saturated carbocycles. The molecule has 0 aromatic carbocycles. The summed E-state index contributed by atoms with van der Waals surface area (Å²) in [7, 11) is -1.67. The van der Waals surface area contributed by atoms with Crippen LogP contribution in [0.1, 0.15) is 47.5 Å². The molecule has 0 radical (unpaired) electrons. The first kappa shape index (κ1) is 19.1. The van der Waals surface area contributed by atoms with Crippen LogP contribution in [0.2, 0.25) is 0 Å². The number of carbonyl (C=O) groups excluding carboxylic acids is 1. The highest BCUT2D eigenvalue weighted by atomic mass is 32.2. The van der Waals surface area contributed by atoms with Crippen molar-refractivity contribution in [3.63, 3.8) is 0 Å².